The van der Waals surface area contributed by atoms with Gasteiger partial charge < -0.3 is 10.2 Å². The largest absolute Gasteiger partial charge is 0.323 e. The van der Waals surface area contributed by atoms with Gasteiger partial charge in [0.05, 0.1) is 4.91 Å². The fourth-order valence-corrected chi connectivity index (χ4v) is 4.31. The minimum absolute atomic E-state index is 0. The fraction of sp³-hybridized carbons (Fsp3) is 0.500. The third kappa shape index (κ3) is 4.83. The highest BCUT2D eigenvalue weighted by molar-refractivity contribution is 8.18. The molecule has 26 heavy (non-hydrogen) atoms. The molecule has 0 saturated carbocycles. The van der Waals surface area contributed by atoms with E-state index < -0.39 is 0 Å². The van der Waals surface area contributed by atoms with Crippen molar-refractivity contribution in [3.8, 4) is 0 Å². The predicted molar refractivity (Wildman–Crippen MR) is 114 cm³/mol. The molecule has 2 heterocycles. The third-order valence-corrected chi connectivity index (χ3v) is 5.68. The summed E-state index contributed by atoms with van der Waals surface area (Å²) in [5, 5.41) is 4.06. The number of unbranched alkanes of at least 4 members (excludes halogenated alkanes) is 1. The number of anilines is 1. The molecule has 0 fully saturated rings. The van der Waals surface area contributed by atoms with Crippen LogP contribution >= 0.6 is 24.2 Å². The molecule has 1 aromatic rings. The van der Waals surface area contributed by atoms with Crippen molar-refractivity contribution in [1.29, 1.82) is 0 Å². The molecule has 0 aromatic heterocycles. The number of aliphatic imine (C=N–C) groups is 1. The maximum absolute atomic E-state index is 12.8. The van der Waals surface area contributed by atoms with Gasteiger partial charge in [-0.25, -0.2) is 0 Å². The van der Waals surface area contributed by atoms with Crippen molar-refractivity contribution >= 4 is 40.9 Å². The van der Waals surface area contributed by atoms with Crippen LogP contribution in [0.4, 0.5) is 5.69 Å². The van der Waals surface area contributed by atoms with Crippen molar-refractivity contribution in [3.63, 3.8) is 0 Å². The first-order valence-corrected chi connectivity index (χ1v) is 10.2. The quantitative estimate of drug-likeness (QED) is 0.691. The van der Waals surface area contributed by atoms with Crippen LogP contribution in [0, 0.1) is 0 Å². The summed E-state index contributed by atoms with van der Waals surface area (Å²) in [6.07, 6.45) is 6.51. The van der Waals surface area contributed by atoms with Gasteiger partial charge in [-0.15, -0.1) is 12.4 Å². The normalized spacial score (nSPS) is 16.1. The number of nitrogens with one attached hydrogen (secondary N) is 1. The van der Waals surface area contributed by atoms with Crippen molar-refractivity contribution in [2.45, 2.75) is 52.4 Å². The first kappa shape index (κ1) is 20.8. The Kier molecular flexibility index (Phi) is 8.04. The third-order valence-electron chi connectivity index (χ3n) is 4.52. The van der Waals surface area contributed by atoms with Crippen LogP contribution in [0.15, 0.2) is 39.9 Å². The van der Waals surface area contributed by atoms with Crippen LogP contribution in [0.3, 0.4) is 0 Å². The minimum Gasteiger partial charge on any atom is -0.323 e. The summed E-state index contributed by atoms with van der Waals surface area (Å²) in [7, 11) is 0. The van der Waals surface area contributed by atoms with E-state index in [1.54, 1.807) is 0 Å². The van der Waals surface area contributed by atoms with Gasteiger partial charge in [0, 0.05) is 24.5 Å². The summed E-state index contributed by atoms with van der Waals surface area (Å²) in [5.41, 5.74) is 3.33. The van der Waals surface area contributed by atoms with Crippen molar-refractivity contribution in [3.05, 3.63) is 40.4 Å². The Hall–Kier alpha value is -1.46. The molecule has 0 aliphatic carbocycles. The number of aryl methyl sites for hydroxylation is 1. The Bertz CT molecular complexity index is 685. The zero-order chi connectivity index (χ0) is 17.6. The molecule has 2 aliphatic rings. The molecule has 0 radical (unpaired) electrons. The first-order valence-electron chi connectivity index (χ1n) is 9.36. The van der Waals surface area contributed by atoms with Crippen molar-refractivity contribution in [2.24, 2.45) is 4.99 Å². The summed E-state index contributed by atoms with van der Waals surface area (Å²) >= 11 is 1.53. The zero-order valence-corrected chi connectivity index (χ0v) is 17.2. The van der Waals surface area contributed by atoms with Gasteiger partial charge in [-0.3, -0.25) is 9.79 Å². The Balaban J connectivity index is 0.00000243. The molecule has 0 unspecified atom stereocenters. The molecule has 0 spiro atoms. The Labute approximate surface area is 166 Å². The first-order chi connectivity index (χ1) is 12.2. The number of fused-ring (bicyclic) bond motifs is 1. The highest BCUT2D eigenvalue weighted by Crippen LogP contribution is 2.38. The number of carbonyl (C=O) groups excluding carboxylic acids is 1. The van der Waals surface area contributed by atoms with Gasteiger partial charge in [0.1, 0.15) is 0 Å². The molecule has 2 aliphatic heterocycles. The minimum atomic E-state index is -0.00754. The molecule has 1 N–H and O–H groups in total. The monoisotopic (exact) mass is 393 g/mol. The van der Waals surface area contributed by atoms with E-state index in [1.165, 1.54) is 30.2 Å². The second-order valence-electron chi connectivity index (χ2n) is 6.55. The van der Waals surface area contributed by atoms with Crippen molar-refractivity contribution in [1.82, 2.24) is 4.90 Å². The van der Waals surface area contributed by atoms with Gasteiger partial charge in [-0.1, -0.05) is 38.8 Å². The lowest BCUT2D eigenvalue weighted by Gasteiger charge is -2.25. The van der Waals surface area contributed by atoms with Crippen LogP contribution in [0.5, 0.6) is 0 Å². The highest BCUT2D eigenvalue weighted by Gasteiger charge is 2.33. The number of thioether (sulfide) groups is 1. The number of amidine groups is 1. The predicted octanol–water partition coefficient (Wildman–Crippen LogP) is 5.21. The Morgan fingerprint density at radius 2 is 1.96 bits per heavy atom. The molecule has 0 atom stereocenters. The number of benzene rings is 1. The number of nitrogens with zero attached hydrogens (tertiary/aromatic N) is 2. The second kappa shape index (κ2) is 10.0. The number of amides is 1. The molecule has 4 nitrogen and oxygen atoms in total. The number of hydrogen-bond acceptors (Lipinski definition) is 4. The molecule has 1 aromatic carbocycles. The molecule has 6 heteroatoms. The SMILES string of the molecule is CCCCc1ccc(NC(=O)C2=C(CCC)N3CCCN=C3S2)cc1.Cl. The maximum atomic E-state index is 12.8. The van der Waals surface area contributed by atoms with Crippen LogP contribution in [-0.4, -0.2) is 29.1 Å². The van der Waals surface area contributed by atoms with Crippen molar-refractivity contribution < 1.29 is 4.79 Å². The van der Waals surface area contributed by atoms with Gasteiger partial charge in [0.25, 0.3) is 5.91 Å². The average molecular weight is 394 g/mol. The highest BCUT2D eigenvalue weighted by atomic mass is 35.5. The lowest BCUT2D eigenvalue weighted by molar-refractivity contribution is -0.112. The fourth-order valence-electron chi connectivity index (χ4n) is 3.18. The topological polar surface area (TPSA) is 44.7 Å². The summed E-state index contributed by atoms with van der Waals surface area (Å²) in [6, 6.07) is 8.24. The average Bonchev–Trinajstić information content (AvgIpc) is 3.00. The van der Waals surface area contributed by atoms with Crippen molar-refractivity contribution in [2.75, 3.05) is 18.4 Å². The van der Waals surface area contributed by atoms with Crippen LogP contribution in [0.25, 0.3) is 0 Å². The smallest absolute Gasteiger partial charge is 0.264 e. The zero-order valence-electron chi connectivity index (χ0n) is 15.6. The number of carbonyl (C=O) groups is 1. The summed E-state index contributed by atoms with van der Waals surface area (Å²) in [4.78, 5) is 20.5. The van der Waals surface area contributed by atoms with E-state index in [9.17, 15) is 4.79 Å². The van der Waals surface area contributed by atoms with Gasteiger partial charge >= 0.3 is 0 Å². The second-order valence-corrected chi connectivity index (χ2v) is 7.53. The van der Waals surface area contributed by atoms with Crippen LogP contribution < -0.4 is 5.32 Å². The summed E-state index contributed by atoms with van der Waals surface area (Å²) in [6.45, 7) is 6.20. The number of allylic oxidation sites excluding steroid dienone is 1. The summed E-state index contributed by atoms with van der Waals surface area (Å²) in [5.74, 6) is -0.00754. The lowest BCUT2D eigenvalue weighted by atomic mass is 10.1. The molecular weight excluding hydrogens is 366 g/mol. The van der Waals surface area contributed by atoms with Crippen LogP contribution in [-0.2, 0) is 11.2 Å². The van der Waals surface area contributed by atoms with E-state index in [-0.39, 0.29) is 18.3 Å². The van der Waals surface area contributed by atoms with Gasteiger partial charge in [0.15, 0.2) is 5.17 Å². The van der Waals surface area contributed by atoms with Gasteiger partial charge in [-0.2, -0.15) is 0 Å². The molecule has 142 valence electrons. The van der Waals surface area contributed by atoms with Gasteiger partial charge in [0.2, 0.25) is 0 Å². The van der Waals surface area contributed by atoms with E-state index in [2.05, 4.69) is 41.2 Å². The Morgan fingerprint density at radius 3 is 2.65 bits per heavy atom. The van der Waals surface area contributed by atoms with E-state index in [4.69, 9.17) is 0 Å². The molecule has 3 rings (SSSR count). The molecule has 0 saturated heterocycles. The van der Waals surface area contributed by atoms with Gasteiger partial charge in [-0.05, 0) is 55.1 Å². The Morgan fingerprint density at radius 1 is 1.19 bits per heavy atom. The number of hydrogen-bond donors (Lipinski definition) is 1. The number of halogens is 1. The number of rotatable bonds is 7. The standard InChI is InChI=1S/C20H27N3OS.ClH/c1-3-5-8-15-9-11-16(12-10-15)22-19(24)18-17(7-4-2)23-14-6-13-21-20(23)25-18;/h9-12H,3-8,13-14H2,1-2H3,(H,22,24);1H. The van der Waals surface area contributed by atoms with E-state index in [0.717, 1.165) is 60.2 Å². The summed E-state index contributed by atoms with van der Waals surface area (Å²) < 4.78 is 0. The van der Waals surface area contributed by atoms with E-state index in [0.29, 0.717) is 0 Å². The van der Waals surface area contributed by atoms with E-state index >= 15 is 0 Å². The lowest BCUT2D eigenvalue weighted by Crippen LogP contribution is -2.29. The van der Waals surface area contributed by atoms with Crippen LogP contribution in [0.1, 0.15) is 51.5 Å². The molecule has 1 amide bonds. The van der Waals surface area contributed by atoms with Crippen LogP contribution in [0.2, 0.25) is 0 Å². The van der Waals surface area contributed by atoms with E-state index in [1.807, 2.05) is 12.1 Å². The maximum Gasteiger partial charge on any atom is 0.264 e. The molecular formula is C20H28ClN3OS. The molecule has 0 bridgehead atoms.